The van der Waals surface area contributed by atoms with E-state index in [-0.39, 0.29) is 0 Å². The molecule has 66 valence electrons. The highest BCUT2D eigenvalue weighted by atomic mass is 79.9. The van der Waals surface area contributed by atoms with E-state index in [2.05, 4.69) is 40.1 Å². The Labute approximate surface area is 84.7 Å². The number of aromatic nitrogens is 1. The van der Waals surface area contributed by atoms with Gasteiger partial charge >= 0.3 is 0 Å². The smallest absolute Gasteiger partial charge is 0.209 e. The number of halogens is 1. The second-order valence-corrected chi connectivity index (χ2v) is 3.60. The fourth-order valence-corrected chi connectivity index (χ4v) is 1.56. The topological polar surface area (TPSA) is 26.0 Å². The first-order valence-corrected chi connectivity index (χ1v) is 4.74. The van der Waals surface area contributed by atoms with Crippen LogP contribution in [0.25, 0.3) is 11.1 Å². The summed E-state index contributed by atoms with van der Waals surface area (Å²) in [6.45, 7) is 2.06. The molecule has 1 aromatic carbocycles. The molecule has 0 amide bonds. The highest BCUT2D eigenvalue weighted by Gasteiger charge is 2.05. The Morgan fingerprint density at radius 1 is 1.23 bits per heavy atom. The van der Waals surface area contributed by atoms with Crippen LogP contribution in [0.2, 0.25) is 0 Å². The van der Waals surface area contributed by atoms with Crippen LogP contribution in [0, 0.1) is 6.92 Å². The predicted octanol–water partition coefficient (Wildman–Crippen LogP) is 3.41. The van der Waals surface area contributed by atoms with Crippen LogP contribution in [0.5, 0.6) is 0 Å². The molecule has 2 rings (SSSR count). The van der Waals surface area contributed by atoms with Crippen LogP contribution in [0.1, 0.15) is 5.56 Å². The number of benzene rings is 1. The third kappa shape index (κ3) is 1.65. The molecule has 1 aromatic heterocycles. The van der Waals surface area contributed by atoms with Crippen molar-refractivity contribution in [1.29, 1.82) is 0 Å². The summed E-state index contributed by atoms with van der Waals surface area (Å²) in [7, 11) is 0. The molecule has 0 unspecified atom stereocenters. The highest BCUT2D eigenvalue weighted by Crippen LogP contribution is 2.27. The maximum Gasteiger partial charge on any atom is 0.209 e. The molecule has 2 aromatic rings. The molecule has 1 heterocycles. The molecular weight excluding hydrogens is 230 g/mol. The average Bonchev–Trinajstić information content (AvgIpc) is 2.53. The van der Waals surface area contributed by atoms with Crippen molar-refractivity contribution in [2.45, 2.75) is 6.92 Å². The molecule has 2 nitrogen and oxygen atoms in total. The van der Waals surface area contributed by atoms with Gasteiger partial charge in [-0.2, -0.15) is 0 Å². The Morgan fingerprint density at radius 3 is 2.46 bits per heavy atom. The molecule has 0 radical (unpaired) electrons. The first-order valence-electron chi connectivity index (χ1n) is 3.94. The number of nitrogens with zero attached hydrogens (tertiary/aromatic N) is 1. The minimum absolute atomic E-state index is 0.677. The molecule has 0 spiro atoms. The number of rotatable bonds is 1. The van der Waals surface area contributed by atoms with Crippen molar-refractivity contribution in [2.75, 3.05) is 0 Å². The molecule has 0 atom stereocenters. The van der Waals surface area contributed by atoms with Gasteiger partial charge in [-0.1, -0.05) is 35.0 Å². The van der Waals surface area contributed by atoms with Crippen LogP contribution in [0.4, 0.5) is 0 Å². The lowest BCUT2D eigenvalue weighted by Crippen LogP contribution is -1.75. The minimum Gasteiger partial charge on any atom is -0.349 e. The standard InChI is InChI=1S/C10H8BrNO/c1-7-2-4-8(5-3-7)9-6-12-13-10(9)11/h2-6H,1H3. The molecule has 0 aliphatic carbocycles. The molecule has 13 heavy (non-hydrogen) atoms. The van der Waals surface area contributed by atoms with Crippen molar-refractivity contribution in [3.05, 3.63) is 40.7 Å². The summed E-state index contributed by atoms with van der Waals surface area (Å²) in [5.41, 5.74) is 3.34. The fourth-order valence-electron chi connectivity index (χ4n) is 1.15. The number of hydrogen-bond acceptors (Lipinski definition) is 2. The zero-order chi connectivity index (χ0) is 9.26. The SMILES string of the molecule is Cc1ccc(-c2cnoc2Br)cc1. The van der Waals surface area contributed by atoms with Crippen molar-refractivity contribution in [2.24, 2.45) is 0 Å². The molecule has 0 saturated heterocycles. The van der Waals surface area contributed by atoms with Crippen molar-refractivity contribution in [1.82, 2.24) is 5.16 Å². The summed E-state index contributed by atoms with van der Waals surface area (Å²) >= 11 is 3.29. The van der Waals surface area contributed by atoms with Crippen molar-refractivity contribution in [3.8, 4) is 11.1 Å². The van der Waals surface area contributed by atoms with Gasteiger partial charge in [-0.15, -0.1) is 0 Å². The first kappa shape index (κ1) is 8.51. The van der Waals surface area contributed by atoms with Gasteiger partial charge in [-0.25, -0.2) is 0 Å². The van der Waals surface area contributed by atoms with Crippen LogP contribution >= 0.6 is 15.9 Å². The van der Waals surface area contributed by atoms with E-state index in [1.807, 2.05) is 12.1 Å². The van der Waals surface area contributed by atoms with Gasteiger partial charge in [0.2, 0.25) is 4.67 Å². The Kier molecular flexibility index (Phi) is 2.19. The lowest BCUT2D eigenvalue weighted by Gasteiger charge is -1.97. The van der Waals surface area contributed by atoms with E-state index in [0.717, 1.165) is 11.1 Å². The predicted molar refractivity (Wildman–Crippen MR) is 54.4 cm³/mol. The van der Waals surface area contributed by atoms with Gasteiger partial charge in [0, 0.05) is 0 Å². The van der Waals surface area contributed by atoms with Gasteiger partial charge in [-0.3, -0.25) is 0 Å². The second-order valence-electron chi connectivity index (χ2n) is 2.88. The van der Waals surface area contributed by atoms with E-state index in [1.54, 1.807) is 6.20 Å². The second kappa shape index (κ2) is 3.34. The van der Waals surface area contributed by atoms with Crippen LogP contribution in [-0.2, 0) is 0 Å². The van der Waals surface area contributed by atoms with Gasteiger partial charge in [0.05, 0.1) is 11.8 Å². The average molecular weight is 238 g/mol. The molecule has 3 heteroatoms. The largest absolute Gasteiger partial charge is 0.349 e. The van der Waals surface area contributed by atoms with Gasteiger partial charge < -0.3 is 4.52 Å². The molecular formula is C10H8BrNO. The zero-order valence-corrected chi connectivity index (χ0v) is 8.71. The van der Waals surface area contributed by atoms with E-state index in [9.17, 15) is 0 Å². The van der Waals surface area contributed by atoms with Gasteiger partial charge in [0.1, 0.15) is 0 Å². The monoisotopic (exact) mass is 237 g/mol. The van der Waals surface area contributed by atoms with Crippen LogP contribution in [-0.4, -0.2) is 5.16 Å². The van der Waals surface area contributed by atoms with E-state index < -0.39 is 0 Å². The van der Waals surface area contributed by atoms with E-state index in [4.69, 9.17) is 4.52 Å². The quantitative estimate of drug-likeness (QED) is 0.760. The third-order valence-corrected chi connectivity index (χ3v) is 2.46. The summed E-state index contributed by atoms with van der Waals surface area (Å²) in [6, 6.07) is 8.22. The fraction of sp³-hybridized carbons (Fsp3) is 0.100. The minimum atomic E-state index is 0.677. The zero-order valence-electron chi connectivity index (χ0n) is 7.12. The van der Waals surface area contributed by atoms with Gasteiger partial charge in [0.15, 0.2) is 0 Å². The first-order chi connectivity index (χ1) is 6.27. The lowest BCUT2D eigenvalue weighted by molar-refractivity contribution is 0.400. The normalized spacial score (nSPS) is 10.3. The Balaban J connectivity index is 2.47. The molecule has 0 fully saturated rings. The van der Waals surface area contributed by atoms with E-state index in [1.165, 1.54) is 5.56 Å². The summed E-state index contributed by atoms with van der Waals surface area (Å²) in [5.74, 6) is 0. The van der Waals surface area contributed by atoms with Crippen molar-refractivity contribution in [3.63, 3.8) is 0 Å². The maximum absolute atomic E-state index is 4.92. The summed E-state index contributed by atoms with van der Waals surface area (Å²) in [4.78, 5) is 0. The van der Waals surface area contributed by atoms with Gasteiger partial charge in [-0.05, 0) is 28.4 Å². The van der Waals surface area contributed by atoms with Crippen molar-refractivity contribution >= 4 is 15.9 Å². The molecule has 0 saturated carbocycles. The summed E-state index contributed by atoms with van der Waals surface area (Å²) in [5, 5.41) is 3.70. The van der Waals surface area contributed by atoms with Crippen LogP contribution in [0.15, 0.2) is 39.7 Å². The Hall–Kier alpha value is -1.09. The van der Waals surface area contributed by atoms with E-state index in [0.29, 0.717) is 4.67 Å². The van der Waals surface area contributed by atoms with Crippen molar-refractivity contribution < 1.29 is 4.52 Å². The Bertz CT molecular complexity index is 405. The molecule has 0 aliphatic heterocycles. The number of hydrogen-bond donors (Lipinski definition) is 0. The van der Waals surface area contributed by atoms with Gasteiger partial charge in [0.25, 0.3) is 0 Å². The Morgan fingerprint density at radius 2 is 1.92 bits per heavy atom. The summed E-state index contributed by atoms with van der Waals surface area (Å²) in [6.07, 6.45) is 1.70. The maximum atomic E-state index is 4.92. The lowest BCUT2D eigenvalue weighted by atomic mass is 10.1. The highest BCUT2D eigenvalue weighted by molar-refractivity contribution is 9.10. The van der Waals surface area contributed by atoms with E-state index >= 15 is 0 Å². The molecule has 0 N–H and O–H groups in total. The van der Waals surface area contributed by atoms with Crippen LogP contribution < -0.4 is 0 Å². The third-order valence-electron chi connectivity index (χ3n) is 1.89. The molecule has 0 aliphatic rings. The van der Waals surface area contributed by atoms with Crippen LogP contribution in [0.3, 0.4) is 0 Å². The molecule has 0 bridgehead atoms. The summed E-state index contributed by atoms with van der Waals surface area (Å²) < 4.78 is 5.59. The number of aryl methyl sites for hydroxylation is 1.